The van der Waals surface area contributed by atoms with Gasteiger partial charge in [-0.25, -0.2) is 13.6 Å². The van der Waals surface area contributed by atoms with Crippen molar-refractivity contribution in [3.63, 3.8) is 0 Å². The molecule has 0 bridgehead atoms. The highest BCUT2D eigenvalue weighted by atomic mass is 19.1. The number of methoxy groups -OCH3 is 1. The molecule has 0 aliphatic rings. The lowest BCUT2D eigenvalue weighted by Gasteiger charge is -2.11. The molecule has 0 radical (unpaired) electrons. The van der Waals surface area contributed by atoms with Gasteiger partial charge in [0.1, 0.15) is 11.3 Å². The van der Waals surface area contributed by atoms with Crippen LogP contribution < -0.4 is 10.5 Å². The van der Waals surface area contributed by atoms with Gasteiger partial charge in [0.05, 0.1) is 7.11 Å². The van der Waals surface area contributed by atoms with Crippen LogP contribution in [0.15, 0.2) is 0 Å². The molecule has 1 rings (SSSR count). The predicted molar refractivity (Wildman–Crippen MR) is 49.0 cm³/mol. The molecule has 0 amide bonds. The number of anilines is 1. The number of halogens is 2. The van der Waals surface area contributed by atoms with E-state index in [-0.39, 0.29) is 5.56 Å². The molecule has 0 aromatic heterocycles. The summed E-state index contributed by atoms with van der Waals surface area (Å²) in [5.41, 5.74) is 3.59. The molecule has 1 aromatic rings. The first-order chi connectivity index (χ1) is 6.91. The van der Waals surface area contributed by atoms with E-state index in [9.17, 15) is 13.6 Å². The average molecular weight is 217 g/mol. The van der Waals surface area contributed by atoms with Crippen molar-refractivity contribution in [2.75, 3.05) is 12.8 Å². The molecule has 0 fully saturated rings. The summed E-state index contributed by atoms with van der Waals surface area (Å²) in [6, 6.07) is 0. The molecule has 1 aromatic carbocycles. The van der Waals surface area contributed by atoms with Crippen molar-refractivity contribution in [1.82, 2.24) is 0 Å². The zero-order chi connectivity index (χ0) is 11.7. The van der Waals surface area contributed by atoms with Crippen molar-refractivity contribution in [1.29, 1.82) is 0 Å². The molecular weight excluding hydrogens is 208 g/mol. The number of carboxylic acid groups (broad SMARTS) is 1. The summed E-state index contributed by atoms with van der Waals surface area (Å²) in [5, 5.41) is 8.68. The lowest BCUT2D eigenvalue weighted by atomic mass is 10.1. The first-order valence-corrected chi connectivity index (χ1v) is 3.96. The quantitative estimate of drug-likeness (QED) is 0.737. The first kappa shape index (κ1) is 11.2. The van der Waals surface area contributed by atoms with Gasteiger partial charge < -0.3 is 15.6 Å². The third-order valence-corrected chi connectivity index (χ3v) is 2.02. The zero-order valence-corrected chi connectivity index (χ0v) is 8.10. The summed E-state index contributed by atoms with van der Waals surface area (Å²) in [6.45, 7) is 1.14. The van der Waals surface area contributed by atoms with Crippen molar-refractivity contribution in [3.05, 3.63) is 22.8 Å². The highest BCUT2D eigenvalue weighted by Crippen LogP contribution is 2.33. The second kappa shape index (κ2) is 3.72. The molecule has 82 valence electrons. The third-order valence-electron chi connectivity index (χ3n) is 2.02. The molecule has 0 unspecified atom stereocenters. The molecule has 0 atom stereocenters. The minimum Gasteiger partial charge on any atom is -0.491 e. The normalized spacial score (nSPS) is 10.1. The van der Waals surface area contributed by atoms with Crippen LogP contribution in [0.2, 0.25) is 0 Å². The van der Waals surface area contributed by atoms with Crippen molar-refractivity contribution in [2.24, 2.45) is 0 Å². The molecule has 4 nitrogen and oxygen atoms in total. The van der Waals surface area contributed by atoms with E-state index in [1.54, 1.807) is 0 Å². The van der Waals surface area contributed by atoms with E-state index >= 15 is 0 Å². The number of nitrogens with two attached hydrogens (primary N) is 1. The number of carbonyl (C=O) groups is 1. The van der Waals surface area contributed by atoms with Gasteiger partial charge in [0.2, 0.25) is 0 Å². The molecule has 0 saturated heterocycles. The Balaban J connectivity index is 3.68. The molecule has 15 heavy (non-hydrogen) atoms. The van der Waals surface area contributed by atoms with E-state index in [0.717, 1.165) is 14.0 Å². The number of aromatic carboxylic acids is 1. The number of benzene rings is 1. The van der Waals surface area contributed by atoms with Crippen LogP contribution in [0.3, 0.4) is 0 Å². The number of rotatable bonds is 2. The van der Waals surface area contributed by atoms with Gasteiger partial charge in [-0.1, -0.05) is 0 Å². The Bertz CT molecular complexity index is 432. The van der Waals surface area contributed by atoms with Gasteiger partial charge in [-0.15, -0.1) is 0 Å². The van der Waals surface area contributed by atoms with Gasteiger partial charge >= 0.3 is 5.97 Å². The molecule has 0 aliphatic heterocycles. The second-order valence-electron chi connectivity index (χ2n) is 2.88. The van der Waals surface area contributed by atoms with Gasteiger partial charge in [0.25, 0.3) is 0 Å². The summed E-state index contributed by atoms with van der Waals surface area (Å²) < 4.78 is 31.3. The van der Waals surface area contributed by atoms with Gasteiger partial charge in [-0.2, -0.15) is 0 Å². The monoisotopic (exact) mass is 217 g/mol. The van der Waals surface area contributed by atoms with E-state index in [0.29, 0.717) is 0 Å². The molecule has 6 heteroatoms. The van der Waals surface area contributed by atoms with E-state index in [1.165, 1.54) is 0 Å². The van der Waals surface area contributed by atoms with Crippen LogP contribution in [0.4, 0.5) is 14.5 Å². The fraction of sp³-hybridized carbons (Fsp3) is 0.222. The lowest BCUT2D eigenvalue weighted by molar-refractivity contribution is 0.0689. The summed E-state index contributed by atoms with van der Waals surface area (Å²) in [6.07, 6.45) is 0. The highest BCUT2D eigenvalue weighted by molar-refractivity contribution is 5.91. The summed E-state index contributed by atoms with van der Waals surface area (Å²) in [4.78, 5) is 10.7. The number of carboxylic acids is 1. The van der Waals surface area contributed by atoms with E-state index in [1.807, 2.05) is 0 Å². The Labute approximate surface area is 84.3 Å². The van der Waals surface area contributed by atoms with Crippen LogP contribution in [-0.2, 0) is 0 Å². The van der Waals surface area contributed by atoms with E-state index in [2.05, 4.69) is 4.74 Å². The van der Waals surface area contributed by atoms with E-state index < -0.39 is 34.6 Å². The Morgan fingerprint density at radius 3 is 2.33 bits per heavy atom. The molecule has 0 aliphatic carbocycles. The second-order valence-corrected chi connectivity index (χ2v) is 2.88. The molecular formula is C9H9F2NO3. The molecule has 0 heterocycles. The average Bonchev–Trinajstić information content (AvgIpc) is 2.15. The van der Waals surface area contributed by atoms with Crippen LogP contribution in [-0.4, -0.2) is 18.2 Å². The number of hydrogen-bond donors (Lipinski definition) is 2. The number of hydrogen-bond acceptors (Lipinski definition) is 3. The SMILES string of the molecule is COc1c(N)c(F)c(C)c(C(=O)O)c1F. The van der Waals surface area contributed by atoms with Crippen LogP contribution in [0.25, 0.3) is 0 Å². The Morgan fingerprint density at radius 2 is 1.93 bits per heavy atom. The van der Waals surface area contributed by atoms with Crippen molar-refractivity contribution in [2.45, 2.75) is 6.92 Å². The van der Waals surface area contributed by atoms with Crippen LogP contribution in [0.5, 0.6) is 5.75 Å². The number of nitrogen functional groups attached to an aromatic ring is 1. The Hall–Kier alpha value is -1.85. The van der Waals surface area contributed by atoms with Crippen LogP contribution in [0, 0.1) is 18.6 Å². The highest BCUT2D eigenvalue weighted by Gasteiger charge is 2.25. The third kappa shape index (κ3) is 1.58. The minimum atomic E-state index is -1.57. The fourth-order valence-electron chi connectivity index (χ4n) is 1.26. The Morgan fingerprint density at radius 1 is 1.40 bits per heavy atom. The topological polar surface area (TPSA) is 72.5 Å². The molecule has 0 saturated carbocycles. The van der Waals surface area contributed by atoms with Crippen molar-refractivity contribution < 1.29 is 23.4 Å². The van der Waals surface area contributed by atoms with Crippen LogP contribution in [0.1, 0.15) is 15.9 Å². The van der Waals surface area contributed by atoms with E-state index in [4.69, 9.17) is 10.8 Å². The standard InChI is InChI=1S/C9H9F2NO3/c1-3-4(9(13)14)6(11)8(15-2)7(12)5(3)10/h12H2,1-2H3,(H,13,14). The Kier molecular flexibility index (Phi) is 2.78. The molecule has 0 spiro atoms. The molecule has 3 N–H and O–H groups in total. The summed E-state index contributed by atoms with van der Waals surface area (Å²) in [5.74, 6) is -4.30. The van der Waals surface area contributed by atoms with Gasteiger partial charge in [0, 0.05) is 5.56 Å². The summed E-state index contributed by atoms with van der Waals surface area (Å²) >= 11 is 0. The van der Waals surface area contributed by atoms with Crippen molar-refractivity contribution in [3.8, 4) is 5.75 Å². The minimum absolute atomic E-state index is 0.349. The first-order valence-electron chi connectivity index (χ1n) is 3.96. The predicted octanol–water partition coefficient (Wildman–Crippen LogP) is 1.56. The maximum absolute atomic E-state index is 13.5. The lowest BCUT2D eigenvalue weighted by Crippen LogP contribution is -2.10. The van der Waals surface area contributed by atoms with Gasteiger partial charge in [-0.3, -0.25) is 0 Å². The van der Waals surface area contributed by atoms with Gasteiger partial charge in [-0.05, 0) is 6.92 Å². The maximum atomic E-state index is 13.5. The maximum Gasteiger partial charge on any atom is 0.339 e. The fourth-order valence-corrected chi connectivity index (χ4v) is 1.26. The van der Waals surface area contributed by atoms with Gasteiger partial charge in [0.15, 0.2) is 17.4 Å². The van der Waals surface area contributed by atoms with Crippen LogP contribution >= 0.6 is 0 Å². The summed E-state index contributed by atoms with van der Waals surface area (Å²) in [7, 11) is 1.08. The largest absolute Gasteiger partial charge is 0.491 e. The zero-order valence-electron chi connectivity index (χ0n) is 8.10. The van der Waals surface area contributed by atoms with Crippen molar-refractivity contribution >= 4 is 11.7 Å². The smallest absolute Gasteiger partial charge is 0.339 e. The number of ether oxygens (including phenoxy) is 1.